The zero-order valence-corrected chi connectivity index (χ0v) is 11.3. The second-order valence-electron chi connectivity index (χ2n) is 4.34. The molecule has 1 aromatic carbocycles. The third-order valence-electron chi connectivity index (χ3n) is 2.78. The third-order valence-corrected chi connectivity index (χ3v) is 2.78. The van der Waals surface area contributed by atoms with Gasteiger partial charge in [-0.25, -0.2) is 0 Å². The first-order chi connectivity index (χ1) is 10.3. The molecule has 0 aliphatic rings. The molecule has 1 aromatic rings. The molecule has 0 N–H and O–H groups in total. The fourth-order valence-electron chi connectivity index (χ4n) is 1.49. The van der Waals surface area contributed by atoms with Crippen LogP contribution < -0.4 is 4.74 Å². The van der Waals surface area contributed by atoms with Crippen LogP contribution in [0.1, 0.15) is 5.56 Å². The van der Waals surface area contributed by atoms with Crippen molar-refractivity contribution in [3.8, 4) is 5.75 Å². The van der Waals surface area contributed by atoms with Gasteiger partial charge in [0.15, 0.2) is 0 Å². The first-order valence-electron chi connectivity index (χ1n) is 5.80. The van der Waals surface area contributed by atoms with Crippen LogP contribution in [-0.2, 0) is 0 Å². The molecule has 10 heteroatoms. The lowest BCUT2D eigenvalue weighted by molar-refractivity contribution is -0.388. The van der Waals surface area contributed by atoms with E-state index in [4.69, 9.17) is 4.74 Å². The van der Waals surface area contributed by atoms with E-state index in [9.17, 15) is 39.5 Å². The molecule has 0 amide bonds. The van der Waals surface area contributed by atoms with Gasteiger partial charge in [0.05, 0.1) is 7.11 Å². The maximum absolute atomic E-state index is 13.3. The highest BCUT2D eigenvalue weighted by molar-refractivity contribution is 5.58. The van der Waals surface area contributed by atoms with Crippen molar-refractivity contribution in [3.05, 3.63) is 35.9 Å². The predicted octanol–water partition coefficient (Wildman–Crippen LogP) is 5.18. The average molecular weight is 352 g/mol. The monoisotopic (exact) mass is 352 g/mol. The second kappa shape index (κ2) is 5.97. The average Bonchev–Trinajstić information content (AvgIpc) is 2.43. The highest BCUT2D eigenvalue weighted by Gasteiger charge is 2.81. The molecule has 0 saturated heterocycles. The molecule has 1 nitrogen and oxygen atoms in total. The summed E-state index contributed by atoms with van der Waals surface area (Å²) in [5.41, 5.74) is -0.208. The van der Waals surface area contributed by atoms with Crippen molar-refractivity contribution in [1.29, 1.82) is 0 Å². The number of ether oxygens (including phenoxy) is 1. The fourth-order valence-corrected chi connectivity index (χ4v) is 1.49. The number of para-hydroxylation sites is 1. The predicted molar refractivity (Wildman–Crippen MR) is 62.9 cm³/mol. The lowest BCUT2D eigenvalue weighted by Crippen LogP contribution is -2.60. The summed E-state index contributed by atoms with van der Waals surface area (Å²) in [4.78, 5) is 0. The summed E-state index contributed by atoms with van der Waals surface area (Å²) in [6, 6.07) is 5.06. The number of benzene rings is 1. The number of halogens is 9. The Morgan fingerprint density at radius 2 is 1.35 bits per heavy atom. The van der Waals surface area contributed by atoms with E-state index in [0.29, 0.717) is 0 Å². The maximum atomic E-state index is 13.3. The molecule has 1 rings (SSSR count). The fraction of sp³-hybridized carbons (Fsp3) is 0.385. The van der Waals surface area contributed by atoms with E-state index in [1.165, 1.54) is 18.2 Å². The van der Waals surface area contributed by atoms with E-state index in [-0.39, 0.29) is 17.4 Å². The second-order valence-corrected chi connectivity index (χ2v) is 4.34. The van der Waals surface area contributed by atoms with Gasteiger partial charge in [0, 0.05) is 5.56 Å². The normalized spacial score (nSPS) is 14.3. The van der Waals surface area contributed by atoms with Gasteiger partial charge in [0.1, 0.15) is 5.75 Å². The summed E-state index contributed by atoms with van der Waals surface area (Å²) in [6.45, 7) is 0. The van der Waals surface area contributed by atoms with Crippen LogP contribution in [0.2, 0.25) is 0 Å². The Morgan fingerprint density at radius 3 is 1.83 bits per heavy atom. The first-order valence-corrected chi connectivity index (χ1v) is 5.80. The Hall–Kier alpha value is -1.87. The molecule has 0 unspecified atom stereocenters. The lowest BCUT2D eigenvalue weighted by atomic mass is 10.0. The first kappa shape index (κ1) is 19.2. The summed E-state index contributed by atoms with van der Waals surface area (Å²) in [5, 5.41) is 0. The standard InChI is InChI=1S/C13H9F9O/c1-23-9-5-3-2-4-8(9)6-7-10(14,15)11(16,17)12(18,19)13(20,21)22/h2-7H,1H3. The van der Waals surface area contributed by atoms with E-state index in [2.05, 4.69) is 0 Å². The van der Waals surface area contributed by atoms with Crippen molar-refractivity contribution in [2.45, 2.75) is 23.9 Å². The number of rotatable bonds is 5. The molecule has 0 radical (unpaired) electrons. The molecule has 0 saturated carbocycles. The van der Waals surface area contributed by atoms with Crippen molar-refractivity contribution in [3.63, 3.8) is 0 Å². The minimum atomic E-state index is -6.91. The van der Waals surface area contributed by atoms with Crippen LogP contribution in [0.5, 0.6) is 5.75 Å². The van der Waals surface area contributed by atoms with Crippen LogP contribution in [0.4, 0.5) is 39.5 Å². The number of methoxy groups -OCH3 is 1. The van der Waals surface area contributed by atoms with Crippen molar-refractivity contribution >= 4 is 6.08 Å². The van der Waals surface area contributed by atoms with E-state index < -0.39 is 30.0 Å². The van der Waals surface area contributed by atoms with Crippen molar-refractivity contribution in [1.82, 2.24) is 0 Å². The molecule has 0 atom stereocenters. The topological polar surface area (TPSA) is 9.23 Å². The number of alkyl halides is 9. The van der Waals surface area contributed by atoms with E-state index in [1.54, 1.807) is 0 Å². The molecule has 0 fully saturated rings. The van der Waals surface area contributed by atoms with Crippen LogP contribution in [-0.4, -0.2) is 31.1 Å². The highest BCUT2D eigenvalue weighted by atomic mass is 19.4. The van der Waals surface area contributed by atoms with Gasteiger partial charge in [-0.1, -0.05) is 18.2 Å². The molecular formula is C13H9F9O. The summed E-state index contributed by atoms with van der Waals surface area (Å²) in [7, 11) is 1.12. The SMILES string of the molecule is COc1ccccc1C=CC(F)(F)C(F)(F)C(F)(F)C(F)(F)F. The Balaban J connectivity index is 3.22. The minimum absolute atomic E-state index is 0.0644. The van der Waals surface area contributed by atoms with Crippen LogP contribution in [0.15, 0.2) is 30.3 Å². The molecule has 23 heavy (non-hydrogen) atoms. The van der Waals surface area contributed by atoms with Crippen LogP contribution in [0, 0.1) is 0 Å². The molecule has 0 aliphatic carbocycles. The maximum Gasteiger partial charge on any atom is 0.460 e. The number of hydrogen-bond donors (Lipinski definition) is 0. The van der Waals surface area contributed by atoms with Crippen molar-refractivity contribution in [2.24, 2.45) is 0 Å². The van der Waals surface area contributed by atoms with Gasteiger partial charge in [0.25, 0.3) is 0 Å². The molecule has 0 bridgehead atoms. The molecule has 0 heterocycles. The quantitative estimate of drug-likeness (QED) is 0.664. The van der Waals surface area contributed by atoms with Gasteiger partial charge in [0.2, 0.25) is 0 Å². The zero-order chi connectivity index (χ0) is 18.1. The molecule has 0 aromatic heterocycles. The van der Waals surface area contributed by atoms with Crippen LogP contribution in [0.25, 0.3) is 6.08 Å². The van der Waals surface area contributed by atoms with Gasteiger partial charge in [-0.2, -0.15) is 39.5 Å². The van der Waals surface area contributed by atoms with Crippen LogP contribution in [0.3, 0.4) is 0 Å². The summed E-state index contributed by atoms with van der Waals surface area (Å²) >= 11 is 0. The van der Waals surface area contributed by atoms with Gasteiger partial charge < -0.3 is 4.74 Å². The Bertz CT molecular complexity index is 575. The summed E-state index contributed by atoms with van der Waals surface area (Å²) in [6.07, 6.45) is -7.28. The highest BCUT2D eigenvalue weighted by Crippen LogP contribution is 2.53. The summed E-state index contributed by atoms with van der Waals surface area (Å²) in [5.74, 6) is -19.4. The molecule has 0 spiro atoms. The van der Waals surface area contributed by atoms with Crippen molar-refractivity contribution in [2.75, 3.05) is 7.11 Å². The van der Waals surface area contributed by atoms with Gasteiger partial charge in [-0.15, -0.1) is 0 Å². The smallest absolute Gasteiger partial charge is 0.460 e. The van der Waals surface area contributed by atoms with E-state index in [1.807, 2.05) is 0 Å². The van der Waals surface area contributed by atoms with E-state index >= 15 is 0 Å². The Labute approximate surface area is 124 Å². The molecule has 0 aliphatic heterocycles. The third kappa shape index (κ3) is 3.40. The van der Waals surface area contributed by atoms with Gasteiger partial charge in [-0.05, 0) is 18.2 Å². The minimum Gasteiger partial charge on any atom is -0.496 e. The number of allylic oxidation sites excluding steroid dienone is 1. The largest absolute Gasteiger partial charge is 0.496 e. The Kier molecular flexibility index (Phi) is 4.98. The Morgan fingerprint density at radius 1 is 0.826 bits per heavy atom. The van der Waals surface area contributed by atoms with Gasteiger partial charge >= 0.3 is 23.9 Å². The molecule has 130 valence electrons. The van der Waals surface area contributed by atoms with Gasteiger partial charge in [-0.3, -0.25) is 0 Å². The lowest BCUT2D eigenvalue weighted by Gasteiger charge is -2.32. The number of hydrogen-bond acceptors (Lipinski definition) is 1. The molecular weight excluding hydrogens is 343 g/mol. The zero-order valence-electron chi connectivity index (χ0n) is 11.3. The summed E-state index contributed by atoms with van der Waals surface area (Å²) < 4.78 is 119. The van der Waals surface area contributed by atoms with Crippen LogP contribution >= 0.6 is 0 Å². The van der Waals surface area contributed by atoms with Crippen molar-refractivity contribution < 1.29 is 44.3 Å². The van der Waals surface area contributed by atoms with E-state index in [0.717, 1.165) is 13.2 Å².